The van der Waals surface area contributed by atoms with E-state index < -0.39 is 5.97 Å². The fourth-order valence-corrected chi connectivity index (χ4v) is 2.84. The minimum atomic E-state index is -0.725. The van der Waals surface area contributed by atoms with E-state index in [9.17, 15) is 4.79 Å². The molecule has 1 aliphatic carbocycles. The van der Waals surface area contributed by atoms with Gasteiger partial charge in [-0.1, -0.05) is 48.5 Å². The molecule has 0 spiro atoms. The van der Waals surface area contributed by atoms with Gasteiger partial charge in [-0.3, -0.25) is 4.79 Å². The molecule has 0 radical (unpaired) electrons. The highest BCUT2D eigenvalue weighted by molar-refractivity contribution is 5.85. The summed E-state index contributed by atoms with van der Waals surface area (Å²) in [6.07, 6.45) is 0.886. The third-order valence-electron chi connectivity index (χ3n) is 3.61. The Hall–Kier alpha value is -1.80. The first-order valence-corrected chi connectivity index (χ1v) is 6.17. The van der Waals surface area contributed by atoms with Crippen LogP contribution in [0.15, 0.2) is 48.5 Å². The van der Waals surface area contributed by atoms with E-state index in [1.165, 1.54) is 22.3 Å². The van der Waals surface area contributed by atoms with Crippen LogP contribution in [0.25, 0.3) is 11.1 Å². The van der Waals surface area contributed by atoms with Gasteiger partial charge in [0, 0.05) is 12.3 Å². The van der Waals surface area contributed by atoms with Crippen LogP contribution in [0.1, 0.15) is 29.9 Å². The van der Waals surface area contributed by atoms with Gasteiger partial charge >= 0.3 is 5.97 Å². The van der Waals surface area contributed by atoms with Crippen molar-refractivity contribution in [3.05, 3.63) is 59.7 Å². The van der Waals surface area contributed by atoms with Gasteiger partial charge in [0.15, 0.2) is 0 Å². The predicted molar refractivity (Wildman–Crippen MR) is 77.8 cm³/mol. The second kappa shape index (κ2) is 5.45. The normalized spacial score (nSPS) is 12.4. The molecule has 98 valence electrons. The van der Waals surface area contributed by atoms with Crippen molar-refractivity contribution in [1.29, 1.82) is 0 Å². The van der Waals surface area contributed by atoms with Gasteiger partial charge in [0.2, 0.25) is 0 Å². The number of hydrogen-bond donors (Lipinski definition) is 1. The van der Waals surface area contributed by atoms with Crippen LogP contribution >= 0.6 is 12.4 Å². The SMILES string of the molecule is Cl.O=C(O)CCC1c2ccccc2-c2ccccc21. The Morgan fingerprint density at radius 1 is 0.947 bits per heavy atom. The first kappa shape index (κ1) is 13.6. The predicted octanol–water partition coefficient (Wildman–Crippen LogP) is 4.09. The maximum atomic E-state index is 10.8. The average molecular weight is 275 g/mol. The molecule has 0 bridgehead atoms. The molecular weight excluding hydrogens is 260 g/mol. The number of rotatable bonds is 3. The third-order valence-corrected chi connectivity index (χ3v) is 3.61. The van der Waals surface area contributed by atoms with Gasteiger partial charge in [-0.05, 0) is 28.7 Å². The van der Waals surface area contributed by atoms with Crippen LogP contribution in [-0.4, -0.2) is 11.1 Å². The minimum absolute atomic E-state index is 0. The van der Waals surface area contributed by atoms with Crippen LogP contribution in [0.5, 0.6) is 0 Å². The summed E-state index contributed by atoms with van der Waals surface area (Å²) in [5.74, 6) is -0.495. The van der Waals surface area contributed by atoms with E-state index in [-0.39, 0.29) is 24.7 Å². The molecule has 1 N–H and O–H groups in total. The number of halogens is 1. The summed E-state index contributed by atoms with van der Waals surface area (Å²) < 4.78 is 0. The molecule has 0 unspecified atom stereocenters. The molecule has 0 heterocycles. The zero-order valence-electron chi connectivity index (χ0n) is 10.4. The van der Waals surface area contributed by atoms with Crippen molar-refractivity contribution in [1.82, 2.24) is 0 Å². The monoisotopic (exact) mass is 274 g/mol. The summed E-state index contributed by atoms with van der Waals surface area (Å²) in [4.78, 5) is 10.8. The van der Waals surface area contributed by atoms with Crippen molar-refractivity contribution < 1.29 is 9.90 Å². The minimum Gasteiger partial charge on any atom is -0.481 e. The van der Waals surface area contributed by atoms with Crippen molar-refractivity contribution in [2.24, 2.45) is 0 Å². The summed E-state index contributed by atoms with van der Waals surface area (Å²) in [5.41, 5.74) is 5.03. The Bertz CT molecular complexity index is 562. The summed E-state index contributed by atoms with van der Waals surface area (Å²) in [6, 6.07) is 16.6. The lowest BCUT2D eigenvalue weighted by molar-refractivity contribution is -0.137. The molecule has 2 aromatic rings. The van der Waals surface area contributed by atoms with Crippen molar-refractivity contribution in [3.63, 3.8) is 0 Å². The van der Waals surface area contributed by atoms with E-state index in [4.69, 9.17) is 5.11 Å². The van der Waals surface area contributed by atoms with Crippen molar-refractivity contribution in [3.8, 4) is 11.1 Å². The molecular formula is C16H15ClO2. The molecule has 0 saturated heterocycles. The lowest BCUT2D eigenvalue weighted by atomic mass is 9.92. The van der Waals surface area contributed by atoms with Gasteiger partial charge < -0.3 is 5.11 Å². The number of fused-ring (bicyclic) bond motifs is 3. The van der Waals surface area contributed by atoms with Crippen LogP contribution < -0.4 is 0 Å². The Morgan fingerprint density at radius 3 is 1.89 bits per heavy atom. The Balaban J connectivity index is 0.00000133. The van der Waals surface area contributed by atoms with Gasteiger partial charge in [0.1, 0.15) is 0 Å². The maximum absolute atomic E-state index is 10.8. The molecule has 0 aliphatic heterocycles. The van der Waals surface area contributed by atoms with E-state index in [2.05, 4.69) is 24.3 Å². The second-order valence-corrected chi connectivity index (χ2v) is 4.66. The lowest BCUT2D eigenvalue weighted by Gasteiger charge is -2.11. The highest BCUT2D eigenvalue weighted by Crippen LogP contribution is 2.46. The van der Waals surface area contributed by atoms with Crippen LogP contribution in [0.2, 0.25) is 0 Å². The van der Waals surface area contributed by atoms with Gasteiger partial charge in [0.25, 0.3) is 0 Å². The number of carbonyl (C=O) groups is 1. The van der Waals surface area contributed by atoms with E-state index in [0.717, 1.165) is 0 Å². The first-order valence-electron chi connectivity index (χ1n) is 6.17. The second-order valence-electron chi connectivity index (χ2n) is 4.66. The number of carboxylic acids is 1. The van der Waals surface area contributed by atoms with Crippen LogP contribution in [0, 0.1) is 0 Å². The number of hydrogen-bond acceptors (Lipinski definition) is 1. The summed E-state index contributed by atoms with van der Waals surface area (Å²) in [7, 11) is 0. The van der Waals surface area contributed by atoms with Gasteiger partial charge in [-0.15, -0.1) is 12.4 Å². The van der Waals surface area contributed by atoms with Gasteiger partial charge in [0.05, 0.1) is 0 Å². The lowest BCUT2D eigenvalue weighted by Crippen LogP contribution is -2.01. The zero-order chi connectivity index (χ0) is 12.5. The standard InChI is InChI=1S/C16H14O2.ClH/c17-16(18)10-9-15-13-7-3-1-5-11(13)12-6-2-4-8-14(12)15;/h1-8,15H,9-10H2,(H,17,18);1H. The molecule has 2 nitrogen and oxygen atoms in total. The first-order chi connectivity index (χ1) is 8.77. The summed E-state index contributed by atoms with van der Waals surface area (Å²) in [5, 5.41) is 8.87. The molecule has 0 aromatic heterocycles. The number of aliphatic carboxylic acids is 1. The van der Waals surface area contributed by atoms with Crippen LogP contribution in [0.4, 0.5) is 0 Å². The van der Waals surface area contributed by atoms with Crippen molar-refractivity contribution >= 4 is 18.4 Å². The highest BCUT2D eigenvalue weighted by atomic mass is 35.5. The smallest absolute Gasteiger partial charge is 0.303 e. The van der Waals surface area contributed by atoms with Gasteiger partial charge in [-0.25, -0.2) is 0 Å². The topological polar surface area (TPSA) is 37.3 Å². The quantitative estimate of drug-likeness (QED) is 0.915. The summed E-state index contributed by atoms with van der Waals surface area (Å²) >= 11 is 0. The highest BCUT2D eigenvalue weighted by Gasteiger charge is 2.27. The van der Waals surface area contributed by atoms with E-state index >= 15 is 0 Å². The van der Waals surface area contributed by atoms with Crippen LogP contribution in [-0.2, 0) is 4.79 Å². The van der Waals surface area contributed by atoms with E-state index in [1.54, 1.807) is 0 Å². The average Bonchev–Trinajstić information content (AvgIpc) is 2.71. The zero-order valence-corrected chi connectivity index (χ0v) is 11.2. The Kier molecular flexibility index (Phi) is 3.91. The fourth-order valence-electron chi connectivity index (χ4n) is 2.84. The molecule has 0 amide bonds. The molecule has 2 aromatic carbocycles. The number of carboxylic acid groups (broad SMARTS) is 1. The largest absolute Gasteiger partial charge is 0.481 e. The fraction of sp³-hybridized carbons (Fsp3) is 0.188. The van der Waals surface area contributed by atoms with E-state index in [1.807, 2.05) is 24.3 Å². The molecule has 0 atom stereocenters. The van der Waals surface area contributed by atoms with Gasteiger partial charge in [-0.2, -0.15) is 0 Å². The van der Waals surface area contributed by atoms with Crippen LogP contribution in [0.3, 0.4) is 0 Å². The molecule has 3 heteroatoms. The molecule has 1 aliphatic rings. The Labute approximate surface area is 118 Å². The number of benzene rings is 2. The van der Waals surface area contributed by atoms with E-state index in [0.29, 0.717) is 6.42 Å². The van der Waals surface area contributed by atoms with Crippen molar-refractivity contribution in [2.75, 3.05) is 0 Å². The Morgan fingerprint density at radius 2 is 1.42 bits per heavy atom. The molecule has 0 fully saturated rings. The maximum Gasteiger partial charge on any atom is 0.303 e. The molecule has 3 rings (SSSR count). The van der Waals surface area contributed by atoms with Crippen molar-refractivity contribution in [2.45, 2.75) is 18.8 Å². The summed E-state index contributed by atoms with van der Waals surface area (Å²) in [6.45, 7) is 0. The molecule has 0 saturated carbocycles. The third kappa shape index (κ3) is 2.36. The molecule has 19 heavy (non-hydrogen) atoms.